The van der Waals surface area contributed by atoms with Crippen molar-refractivity contribution in [2.24, 2.45) is 4.99 Å². The van der Waals surface area contributed by atoms with Gasteiger partial charge in [0.15, 0.2) is 0 Å². The van der Waals surface area contributed by atoms with Crippen LogP contribution in [0.25, 0.3) is 0 Å². The highest BCUT2D eigenvalue weighted by Crippen LogP contribution is 2.38. The van der Waals surface area contributed by atoms with Crippen molar-refractivity contribution in [1.29, 1.82) is 0 Å². The van der Waals surface area contributed by atoms with E-state index in [0.29, 0.717) is 17.7 Å². The molecule has 22 heavy (non-hydrogen) atoms. The Bertz CT molecular complexity index is 638. The molecule has 2 rings (SSSR count). The van der Waals surface area contributed by atoms with E-state index >= 15 is 0 Å². The number of halogens is 6. The van der Waals surface area contributed by atoms with Crippen molar-refractivity contribution in [3.8, 4) is 0 Å². The van der Waals surface area contributed by atoms with E-state index in [4.69, 9.17) is 0 Å². The van der Waals surface area contributed by atoms with E-state index in [9.17, 15) is 26.3 Å². The van der Waals surface area contributed by atoms with Gasteiger partial charge < -0.3 is 0 Å². The van der Waals surface area contributed by atoms with Crippen molar-refractivity contribution in [3.05, 3.63) is 65.2 Å². The molecule has 0 radical (unpaired) electrons. The van der Waals surface area contributed by atoms with E-state index < -0.39 is 29.2 Å². The Hall–Kier alpha value is -2.31. The van der Waals surface area contributed by atoms with Crippen LogP contribution in [0.15, 0.2) is 53.5 Å². The van der Waals surface area contributed by atoms with Gasteiger partial charge in [-0.15, -0.1) is 0 Å². The molecule has 0 saturated carbocycles. The maximum absolute atomic E-state index is 12.7. The predicted molar refractivity (Wildman–Crippen MR) is 70.1 cm³/mol. The van der Waals surface area contributed by atoms with Crippen LogP contribution < -0.4 is 0 Å². The molecule has 0 unspecified atom stereocenters. The third kappa shape index (κ3) is 4.09. The topological polar surface area (TPSA) is 12.4 Å². The summed E-state index contributed by atoms with van der Waals surface area (Å²) >= 11 is 0. The van der Waals surface area contributed by atoms with Gasteiger partial charge in [-0.1, -0.05) is 30.3 Å². The van der Waals surface area contributed by atoms with Crippen molar-refractivity contribution in [3.63, 3.8) is 0 Å². The number of rotatable bonds is 2. The second kappa shape index (κ2) is 5.82. The molecule has 0 amide bonds. The van der Waals surface area contributed by atoms with Crippen LogP contribution in [0.2, 0.25) is 0 Å². The normalized spacial score (nSPS) is 12.8. The van der Waals surface area contributed by atoms with Gasteiger partial charge >= 0.3 is 12.4 Å². The van der Waals surface area contributed by atoms with Crippen LogP contribution in [0, 0.1) is 0 Å². The molecule has 0 saturated heterocycles. The average molecular weight is 317 g/mol. The summed E-state index contributed by atoms with van der Waals surface area (Å²) < 4.78 is 76.1. The number of alkyl halides is 6. The molecule has 0 spiro atoms. The van der Waals surface area contributed by atoms with Crippen molar-refractivity contribution in [2.45, 2.75) is 12.4 Å². The van der Waals surface area contributed by atoms with E-state index in [1.54, 1.807) is 30.3 Å². The molecule has 7 heteroatoms. The predicted octanol–water partition coefficient (Wildman–Crippen LogP) is 5.47. The van der Waals surface area contributed by atoms with Crippen LogP contribution in [0.1, 0.15) is 16.7 Å². The van der Waals surface area contributed by atoms with Gasteiger partial charge in [-0.05, 0) is 23.8 Å². The Morgan fingerprint density at radius 1 is 0.727 bits per heavy atom. The summed E-state index contributed by atoms with van der Waals surface area (Å²) in [6.45, 7) is 0. The number of nitrogens with zero attached hydrogens (tertiary/aromatic N) is 1. The molecule has 0 aliphatic heterocycles. The summed E-state index contributed by atoms with van der Waals surface area (Å²) in [4.78, 5) is 3.70. The molecular formula is C15H9F6N. The first-order valence-corrected chi connectivity index (χ1v) is 6.05. The van der Waals surface area contributed by atoms with Gasteiger partial charge in [0.05, 0.1) is 16.8 Å². The Morgan fingerprint density at radius 3 is 1.68 bits per heavy atom. The zero-order chi connectivity index (χ0) is 16.4. The smallest absolute Gasteiger partial charge is 0.256 e. The summed E-state index contributed by atoms with van der Waals surface area (Å²) in [6.07, 6.45) is -8.55. The zero-order valence-corrected chi connectivity index (χ0v) is 10.9. The first-order valence-electron chi connectivity index (χ1n) is 6.05. The van der Waals surface area contributed by atoms with Gasteiger partial charge in [-0.2, -0.15) is 26.3 Å². The molecule has 0 atom stereocenters. The Balaban J connectivity index is 2.45. The lowest BCUT2D eigenvalue weighted by Crippen LogP contribution is -2.10. The van der Waals surface area contributed by atoms with E-state index in [-0.39, 0.29) is 6.07 Å². The minimum absolute atomic E-state index is 0.0710. The SMILES string of the molecule is FC(F)(F)c1cc(N=Cc2ccccc2)cc(C(F)(F)F)c1. The van der Waals surface area contributed by atoms with E-state index in [2.05, 4.69) is 4.99 Å². The lowest BCUT2D eigenvalue weighted by Gasteiger charge is -2.12. The van der Waals surface area contributed by atoms with Crippen LogP contribution in [-0.2, 0) is 12.4 Å². The van der Waals surface area contributed by atoms with Gasteiger partial charge in [0.1, 0.15) is 0 Å². The third-order valence-electron chi connectivity index (χ3n) is 2.73. The Morgan fingerprint density at radius 2 is 1.23 bits per heavy atom. The van der Waals surface area contributed by atoms with Gasteiger partial charge in [-0.25, -0.2) is 0 Å². The maximum Gasteiger partial charge on any atom is 0.416 e. The van der Waals surface area contributed by atoms with Gasteiger partial charge in [0, 0.05) is 6.21 Å². The van der Waals surface area contributed by atoms with E-state index in [0.717, 1.165) is 0 Å². The van der Waals surface area contributed by atoms with Gasteiger partial charge in [-0.3, -0.25) is 4.99 Å². The van der Waals surface area contributed by atoms with Crippen LogP contribution in [0.3, 0.4) is 0 Å². The fourth-order valence-electron chi connectivity index (χ4n) is 1.70. The van der Waals surface area contributed by atoms with Crippen LogP contribution in [-0.4, -0.2) is 6.21 Å². The third-order valence-corrected chi connectivity index (χ3v) is 2.73. The minimum atomic E-state index is -4.88. The fourth-order valence-corrected chi connectivity index (χ4v) is 1.70. The molecule has 116 valence electrons. The molecule has 2 aromatic rings. The molecular weight excluding hydrogens is 308 g/mol. The molecule has 0 N–H and O–H groups in total. The lowest BCUT2D eigenvalue weighted by atomic mass is 10.1. The molecule has 1 nitrogen and oxygen atoms in total. The molecule has 0 aliphatic rings. The Labute approximate surface area is 121 Å². The molecule has 0 aliphatic carbocycles. The number of benzene rings is 2. The van der Waals surface area contributed by atoms with Crippen LogP contribution in [0.4, 0.5) is 32.0 Å². The quantitative estimate of drug-likeness (QED) is 0.514. The zero-order valence-electron chi connectivity index (χ0n) is 10.9. The average Bonchev–Trinajstić information content (AvgIpc) is 2.44. The summed E-state index contributed by atoms with van der Waals surface area (Å²) in [5.74, 6) is 0. The molecule has 2 aromatic carbocycles. The van der Waals surface area contributed by atoms with Crippen LogP contribution in [0.5, 0.6) is 0 Å². The minimum Gasteiger partial charge on any atom is -0.256 e. The highest BCUT2D eigenvalue weighted by Gasteiger charge is 2.36. The van der Waals surface area contributed by atoms with E-state index in [1.165, 1.54) is 6.21 Å². The monoisotopic (exact) mass is 317 g/mol. The second-order valence-corrected chi connectivity index (χ2v) is 4.43. The van der Waals surface area contributed by atoms with Crippen molar-refractivity contribution in [1.82, 2.24) is 0 Å². The first-order chi connectivity index (χ1) is 10.2. The summed E-state index contributed by atoms with van der Waals surface area (Å²) in [7, 11) is 0. The number of hydrogen-bond acceptors (Lipinski definition) is 1. The highest BCUT2D eigenvalue weighted by molar-refractivity contribution is 5.81. The fraction of sp³-hybridized carbons (Fsp3) is 0.133. The van der Waals surface area contributed by atoms with Crippen molar-refractivity contribution in [2.75, 3.05) is 0 Å². The second-order valence-electron chi connectivity index (χ2n) is 4.43. The summed E-state index contributed by atoms with van der Waals surface area (Å²) in [5, 5.41) is 0. The van der Waals surface area contributed by atoms with Crippen molar-refractivity contribution >= 4 is 11.9 Å². The summed E-state index contributed by atoms with van der Waals surface area (Å²) in [6, 6.07) is 9.56. The van der Waals surface area contributed by atoms with Crippen molar-refractivity contribution < 1.29 is 26.3 Å². The lowest BCUT2D eigenvalue weighted by molar-refractivity contribution is -0.143. The summed E-state index contributed by atoms with van der Waals surface area (Å²) in [5.41, 5.74) is -2.62. The molecule has 0 aromatic heterocycles. The standard InChI is InChI=1S/C15H9F6N/c16-14(17,18)11-6-12(15(19,20)21)8-13(7-11)22-9-10-4-2-1-3-5-10/h1-9H. The molecule has 0 fully saturated rings. The maximum atomic E-state index is 12.7. The first kappa shape index (κ1) is 16.1. The van der Waals surface area contributed by atoms with E-state index in [1.807, 2.05) is 0 Å². The largest absolute Gasteiger partial charge is 0.416 e. The van der Waals surface area contributed by atoms with Crippen LogP contribution >= 0.6 is 0 Å². The molecule has 0 heterocycles. The highest BCUT2D eigenvalue weighted by atomic mass is 19.4. The number of hydrogen-bond donors (Lipinski definition) is 0. The van der Waals surface area contributed by atoms with Gasteiger partial charge in [0.25, 0.3) is 0 Å². The Kier molecular flexibility index (Phi) is 4.25. The van der Waals surface area contributed by atoms with Gasteiger partial charge in [0.2, 0.25) is 0 Å². The molecule has 0 bridgehead atoms. The number of aliphatic imine (C=N–C) groups is 1.